The maximum atomic E-state index is 14.0. The van der Waals surface area contributed by atoms with Crippen molar-refractivity contribution in [2.45, 2.75) is 19.2 Å². The van der Waals surface area contributed by atoms with Gasteiger partial charge in [-0.05, 0) is 19.4 Å². The topological polar surface area (TPSA) is 9.23 Å². The quantitative estimate of drug-likeness (QED) is 0.731. The Bertz CT molecular complexity index is 597. The standard InChI is InChI=1S/C16H15ClF2O/c1-9-4-10(2)6-11(5-9)16(17)15-13(18)7-12(20-3)8-14(15)19/h4-8,16H,1-3H3. The van der Waals surface area contributed by atoms with E-state index in [9.17, 15) is 8.78 Å². The van der Waals surface area contributed by atoms with Gasteiger partial charge in [-0.25, -0.2) is 8.78 Å². The van der Waals surface area contributed by atoms with Gasteiger partial charge in [0.1, 0.15) is 17.4 Å². The van der Waals surface area contributed by atoms with Crippen LogP contribution in [-0.4, -0.2) is 7.11 Å². The van der Waals surface area contributed by atoms with Gasteiger partial charge in [-0.3, -0.25) is 0 Å². The second-order valence-electron chi connectivity index (χ2n) is 4.79. The molecule has 0 saturated heterocycles. The van der Waals surface area contributed by atoms with Crippen molar-refractivity contribution in [3.05, 3.63) is 64.2 Å². The molecule has 2 rings (SSSR count). The molecule has 0 heterocycles. The van der Waals surface area contributed by atoms with E-state index in [1.807, 2.05) is 32.0 Å². The highest BCUT2D eigenvalue weighted by atomic mass is 35.5. The first-order valence-electron chi connectivity index (χ1n) is 6.17. The van der Waals surface area contributed by atoms with Crippen LogP contribution in [0, 0.1) is 25.5 Å². The van der Waals surface area contributed by atoms with E-state index in [4.69, 9.17) is 16.3 Å². The average Bonchev–Trinajstić information content (AvgIpc) is 2.36. The Kier molecular flexibility index (Phi) is 4.29. The zero-order valence-corrected chi connectivity index (χ0v) is 12.3. The minimum absolute atomic E-state index is 0.132. The van der Waals surface area contributed by atoms with Crippen molar-refractivity contribution in [3.8, 4) is 5.75 Å². The molecular formula is C16H15ClF2O. The summed E-state index contributed by atoms with van der Waals surface area (Å²) in [7, 11) is 1.36. The number of aryl methyl sites for hydroxylation is 2. The van der Waals surface area contributed by atoms with Crippen LogP contribution in [0.3, 0.4) is 0 Å². The average molecular weight is 297 g/mol. The Balaban J connectivity index is 2.50. The number of methoxy groups -OCH3 is 1. The highest BCUT2D eigenvalue weighted by Crippen LogP contribution is 2.35. The molecule has 0 radical (unpaired) electrons. The third-order valence-electron chi connectivity index (χ3n) is 3.08. The van der Waals surface area contributed by atoms with Gasteiger partial charge in [-0.1, -0.05) is 29.3 Å². The van der Waals surface area contributed by atoms with Crippen molar-refractivity contribution in [2.24, 2.45) is 0 Å². The normalized spacial score (nSPS) is 12.3. The number of hydrogen-bond donors (Lipinski definition) is 0. The Morgan fingerprint density at radius 3 is 1.90 bits per heavy atom. The van der Waals surface area contributed by atoms with Crippen LogP contribution in [0.5, 0.6) is 5.75 Å². The fourth-order valence-corrected chi connectivity index (χ4v) is 2.58. The van der Waals surface area contributed by atoms with Gasteiger partial charge in [-0.2, -0.15) is 0 Å². The lowest BCUT2D eigenvalue weighted by Gasteiger charge is -2.15. The predicted molar refractivity (Wildman–Crippen MR) is 76.5 cm³/mol. The molecule has 1 unspecified atom stereocenters. The molecule has 0 aliphatic rings. The highest BCUT2D eigenvalue weighted by molar-refractivity contribution is 6.22. The van der Waals surface area contributed by atoms with Crippen molar-refractivity contribution < 1.29 is 13.5 Å². The smallest absolute Gasteiger partial charge is 0.134 e. The van der Waals surface area contributed by atoms with E-state index in [1.54, 1.807) is 0 Å². The first-order valence-corrected chi connectivity index (χ1v) is 6.61. The van der Waals surface area contributed by atoms with Gasteiger partial charge < -0.3 is 4.74 Å². The van der Waals surface area contributed by atoms with E-state index in [0.29, 0.717) is 5.56 Å². The van der Waals surface area contributed by atoms with Crippen LogP contribution in [0.1, 0.15) is 27.6 Å². The molecule has 2 aromatic rings. The van der Waals surface area contributed by atoms with E-state index < -0.39 is 17.0 Å². The van der Waals surface area contributed by atoms with Crippen molar-refractivity contribution >= 4 is 11.6 Å². The summed E-state index contributed by atoms with van der Waals surface area (Å²) in [6, 6.07) is 7.91. The Labute approximate surface area is 122 Å². The maximum Gasteiger partial charge on any atom is 0.134 e. The molecular weight excluding hydrogens is 282 g/mol. The molecule has 0 N–H and O–H groups in total. The molecule has 106 valence electrons. The Morgan fingerprint density at radius 1 is 0.950 bits per heavy atom. The van der Waals surface area contributed by atoms with Gasteiger partial charge in [-0.15, -0.1) is 11.6 Å². The molecule has 0 fully saturated rings. The van der Waals surface area contributed by atoms with Crippen molar-refractivity contribution in [2.75, 3.05) is 7.11 Å². The number of rotatable bonds is 3. The van der Waals surface area contributed by atoms with Gasteiger partial charge in [0.25, 0.3) is 0 Å². The number of hydrogen-bond acceptors (Lipinski definition) is 1. The summed E-state index contributed by atoms with van der Waals surface area (Å²) >= 11 is 6.26. The minimum Gasteiger partial charge on any atom is -0.497 e. The van der Waals surface area contributed by atoms with Crippen LogP contribution < -0.4 is 4.74 Å². The van der Waals surface area contributed by atoms with Gasteiger partial charge >= 0.3 is 0 Å². The lowest BCUT2D eigenvalue weighted by atomic mass is 9.99. The third-order valence-corrected chi connectivity index (χ3v) is 3.55. The summed E-state index contributed by atoms with van der Waals surface area (Å²) in [6.45, 7) is 3.84. The molecule has 4 heteroatoms. The largest absolute Gasteiger partial charge is 0.497 e. The van der Waals surface area contributed by atoms with Crippen LogP contribution in [-0.2, 0) is 0 Å². The Morgan fingerprint density at radius 2 is 1.45 bits per heavy atom. The molecule has 0 aliphatic carbocycles. The SMILES string of the molecule is COc1cc(F)c(C(Cl)c2cc(C)cc(C)c2)c(F)c1. The predicted octanol–water partition coefficient (Wildman–Crippen LogP) is 4.92. The van der Waals surface area contributed by atoms with Gasteiger partial charge in [0.05, 0.1) is 12.5 Å². The van der Waals surface area contributed by atoms with E-state index >= 15 is 0 Å². The van der Waals surface area contributed by atoms with Gasteiger partial charge in [0.15, 0.2) is 0 Å². The van der Waals surface area contributed by atoms with Crippen molar-refractivity contribution in [1.82, 2.24) is 0 Å². The van der Waals surface area contributed by atoms with Crippen LogP contribution in [0.2, 0.25) is 0 Å². The fraction of sp³-hybridized carbons (Fsp3) is 0.250. The van der Waals surface area contributed by atoms with Crippen LogP contribution >= 0.6 is 11.6 Å². The van der Waals surface area contributed by atoms with Crippen LogP contribution in [0.25, 0.3) is 0 Å². The summed E-state index contributed by atoms with van der Waals surface area (Å²) < 4.78 is 32.9. The second-order valence-corrected chi connectivity index (χ2v) is 5.22. The molecule has 0 amide bonds. The van der Waals surface area contributed by atoms with E-state index in [1.165, 1.54) is 7.11 Å². The monoisotopic (exact) mass is 296 g/mol. The number of halogens is 3. The maximum absolute atomic E-state index is 14.0. The number of benzene rings is 2. The number of ether oxygens (including phenoxy) is 1. The molecule has 0 aliphatic heterocycles. The minimum atomic E-state index is -0.875. The van der Waals surface area contributed by atoms with Gasteiger partial charge in [0, 0.05) is 17.7 Å². The summed E-state index contributed by atoms with van der Waals surface area (Å²) in [5.41, 5.74) is 2.52. The lowest BCUT2D eigenvalue weighted by molar-refractivity contribution is 0.405. The van der Waals surface area contributed by atoms with E-state index in [2.05, 4.69) is 0 Å². The second kappa shape index (κ2) is 5.80. The zero-order chi connectivity index (χ0) is 14.9. The molecule has 0 saturated carbocycles. The molecule has 1 nitrogen and oxygen atoms in total. The van der Waals surface area contributed by atoms with Crippen molar-refractivity contribution in [3.63, 3.8) is 0 Å². The van der Waals surface area contributed by atoms with Gasteiger partial charge in [0.2, 0.25) is 0 Å². The van der Waals surface area contributed by atoms with Crippen molar-refractivity contribution in [1.29, 1.82) is 0 Å². The molecule has 1 atom stereocenters. The fourth-order valence-electron chi connectivity index (χ4n) is 2.24. The van der Waals surface area contributed by atoms with E-state index in [-0.39, 0.29) is 11.3 Å². The summed E-state index contributed by atoms with van der Waals surface area (Å²) in [6.07, 6.45) is 0. The van der Waals surface area contributed by atoms with Crippen LogP contribution in [0.15, 0.2) is 30.3 Å². The lowest BCUT2D eigenvalue weighted by Crippen LogP contribution is -2.03. The van der Waals surface area contributed by atoms with Crippen LogP contribution in [0.4, 0.5) is 8.78 Å². The summed E-state index contributed by atoms with van der Waals surface area (Å²) in [4.78, 5) is 0. The summed E-state index contributed by atoms with van der Waals surface area (Å²) in [5.74, 6) is -1.28. The molecule has 20 heavy (non-hydrogen) atoms. The third kappa shape index (κ3) is 2.93. The van der Waals surface area contributed by atoms with E-state index in [0.717, 1.165) is 23.3 Å². The Hall–Kier alpha value is -1.61. The summed E-state index contributed by atoms with van der Waals surface area (Å²) in [5, 5.41) is -0.875. The molecule has 2 aromatic carbocycles. The first-order chi connectivity index (χ1) is 9.42. The number of alkyl halides is 1. The molecule has 0 bridgehead atoms. The first kappa shape index (κ1) is 14.8. The molecule has 0 spiro atoms. The molecule has 0 aromatic heterocycles. The zero-order valence-electron chi connectivity index (χ0n) is 11.5. The highest BCUT2D eigenvalue weighted by Gasteiger charge is 2.21.